The van der Waals surface area contributed by atoms with E-state index < -0.39 is 5.91 Å². The van der Waals surface area contributed by atoms with Gasteiger partial charge in [0.1, 0.15) is 12.1 Å². The molecule has 3 heterocycles. The number of benzene rings is 1. The van der Waals surface area contributed by atoms with Crippen molar-refractivity contribution in [1.82, 2.24) is 19.9 Å². The van der Waals surface area contributed by atoms with Gasteiger partial charge >= 0.3 is 0 Å². The van der Waals surface area contributed by atoms with Gasteiger partial charge in [-0.25, -0.2) is 9.97 Å². The maximum absolute atomic E-state index is 11.7. The number of para-hydroxylation sites is 1. The van der Waals surface area contributed by atoms with Crippen molar-refractivity contribution in [1.29, 1.82) is 0 Å². The second kappa shape index (κ2) is 9.53. The molecule has 0 saturated heterocycles. The number of rotatable bonds is 6. The van der Waals surface area contributed by atoms with Gasteiger partial charge in [-0.15, -0.1) is 0 Å². The monoisotopic (exact) mass is 432 g/mol. The van der Waals surface area contributed by atoms with E-state index in [1.165, 1.54) is 0 Å². The fourth-order valence-electron chi connectivity index (χ4n) is 3.41. The Balaban J connectivity index is 0.00000272. The predicted molar refractivity (Wildman–Crippen MR) is 128 cm³/mol. The van der Waals surface area contributed by atoms with Crippen LogP contribution in [-0.4, -0.2) is 32.4 Å². The Labute approximate surface area is 187 Å². The van der Waals surface area contributed by atoms with Gasteiger partial charge < -0.3 is 11.1 Å². The minimum atomic E-state index is -0.454. The van der Waals surface area contributed by atoms with Crippen molar-refractivity contribution in [2.45, 2.75) is 19.8 Å². The normalized spacial score (nSPS) is 11.5. The molecule has 0 aliphatic carbocycles. The highest BCUT2D eigenvalue weighted by atomic mass is 32.1. The van der Waals surface area contributed by atoms with Crippen molar-refractivity contribution in [2.24, 2.45) is 5.73 Å². The molecule has 8 heteroatoms. The van der Waals surface area contributed by atoms with E-state index in [9.17, 15) is 4.79 Å². The van der Waals surface area contributed by atoms with Crippen molar-refractivity contribution >= 4 is 36.1 Å². The molecule has 158 valence electrons. The summed E-state index contributed by atoms with van der Waals surface area (Å²) in [5, 5.41) is 4.14. The van der Waals surface area contributed by atoms with Gasteiger partial charge in [0.15, 0.2) is 0 Å². The molecular weight excluding hydrogens is 408 g/mol. The van der Waals surface area contributed by atoms with Crippen LogP contribution in [0.1, 0.15) is 34.5 Å². The lowest BCUT2D eigenvalue weighted by Gasteiger charge is -2.16. The summed E-state index contributed by atoms with van der Waals surface area (Å²) in [5.74, 6) is 0.409. The van der Waals surface area contributed by atoms with Crippen molar-refractivity contribution in [2.75, 3.05) is 11.9 Å². The molecule has 0 saturated carbocycles. The fraction of sp³-hybridized carbons (Fsp3) is 0.174. The zero-order chi connectivity index (χ0) is 21.1. The number of nitrogens with two attached hydrogens (primary N) is 1. The Bertz CT molecular complexity index is 1210. The second-order valence-electron chi connectivity index (χ2n) is 7.22. The van der Waals surface area contributed by atoms with Gasteiger partial charge in [0.2, 0.25) is 5.91 Å². The lowest BCUT2D eigenvalue weighted by atomic mass is 9.96. The third-order valence-electron chi connectivity index (χ3n) is 5.06. The van der Waals surface area contributed by atoms with Crippen molar-refractivity contribution < 1.29 is 4.79 Å². The Hall–Kier alpha value is -3.52. The third-order valence-corrected chi connectivity index (χ3v) is 5.06. The fourth-order valence-corrected chi connectivity index (χ4v) is 3.41. The number of nitrogens with one attached hydrogen (secondary N) is 1. The van der Waals surface area contributed by atoms with E-state index in [1.807, 2.05) is 49.5 Å². The van der Waals surface area contributed by atoms with Crippen LogP contribution in [0.15, 0.2) is 61.2 Å². The highest BCUT2D eigenvalue weighted by molar-refractivity contribution is 7.59. The molecule has 4 rings (SSSR count). The van der Waals surface area contributed by atoms with Crippen LogP contribution in [0.4, 0.5) is 5.82 Å². The SMILES string of the molecule is Cc1ccc(-c2cc(NC[C@@H](C)c3cccc4c(C(N)=O)ccnc34)ncn2)cn1.S. The molecule has 1 aromatic carbocycles. The number of aromatic nitrogens is 4. The van der Waals surface area contributed by atoms with E-state index in [4.69, 9.17) is 5.73 Å². The summed E-state index contributed by atoms with van der Waals surface area (Å²) in [6, 6.07) is 13.3. The smallest absolute Gasteiger partial charge is 0.249 e. The topological polar surface area (TPSA) is 107 Å². The lowest BCUT2D eigenvalue weighted by molar-refractivity contribution is 0.100. The van der Waals surface area contributed by atoms with Crippen LogP contribution in [-0.2, 0) is 0 Å². The molecule has 4 aromatic rings. The van der Waals surface area contributed by atoms with Crippen molar-refractivity contribution in [3.8, 4) is 11.3 Å². The number of primary amides is 1. The molecule has 1 atom stereocenters. The van der Waals surface area contributed by atoms with E-state index in [1.54, 1.807) is 18.6 Å². The van der Waals surface area contributed by atoms with Gasteiger partial charge in [-0.2, -0.15) is 13.5 Å². The number of nitrogens with zero attached hydrogens (tertiary/aromatic N) is 4. The summed E-state index contributed by atoms with van der Waals surface area (Å²) in [5.41, 5.74) is 10.5. The van der Waals surface area contributed by atoms with Crippen LogP contribution in [0.3, 0.4) is 0 Å². The Morgan fingerprint density at radius 1 is 1.10 bits per heavy atom. The van der Waals surface area contributed by atoms with Gasteiger partial charge in [-0.1, -0.05) is 25.1 Å². The predicted octanol–water partition coefficient (Wildman–Crippen LogP) is 3.82. The molecule has 0 unspecified atom stereocenters. The first-order chi connectivity index (χ1) is 14.5. The van der Waals surface area contributed by atoms with E-state index in [2.05, 4.69) is 32.2 Å². The number of aryl methyl sites for hydroxylation is 1. The van der Waals surface area contributed by atoms with Crippen molar-refractivity contribution in [3.05, 3.63) is 78.0 Å². The zero-order valence-corrected chi connectivity index (χ0v) is 18.3. The first-order valence-corrected chi connectivity index (χ1v) is 9.69. The molecule has 0 aliphatic rings. The largest absolute Gasteiger partial charge is 0.369 e. The van der Waals surface area contributed by atoms with E-state index in [0.29, 0.717) is 12.1 Å². The van der Waals surface area contributed by atoms with E-state index in [0.717, 1.165) is 39.2 Å². The standard InChI is InChI=1S/C23H22N6O.H2S/c1-14(17-4-3-5-18-19(23(24)30)8-9-25-22(17)18)11-27-21-10-20(28-13-29-21)16-7-6-15(2)26-12-16;/h3-10,12-14H,11H2,1-2H3,(H2,24,30)(H,27,28,29);1H2/t14-;/m1./s1. The van der Waals surface area contributed by atoms with Crippen LogP contribution < -0.4 is 11.1 Å². The number of hydrogen-bond acceptors (Lipinski definition) is 6. The molecule has 3 aromatic heterocycles. The minimum Gasteiger partial charge on any atom is -0.369 e. The highest BCUT2D eigenvalue weighted by Crippen LogP contribution is 2.26. The Morgan fingerprint density at radius 2 is 1.94 bits per heavy atom. The molecular formula is C23H24N6OS. The summed E-state index contributed by atoms with van der Waals surface area (Å²) >= 11 is 0. The number of fused-ring (bicyclic) bond motifs is 1. The first-order valence-electron chi connectivity index (χ1n) is 9.69. The number of hydrogen-bond donors (Lipinski definition) is 2. The summed E-state index contributed by atoms with van der Waals surface area (Å²) in [4.78, 5) is 29.2. The molecule has 0 fully saturated rings. The first kappa shape index (κ1) is 22.2. The van der Waals surface area contributed by atoms with E-state index in [-0.39, 0.29) is 19.4 Å². The molecule has 0 aliphatic heterocycles. The average Bonchev–Trinajstić information content (AvgIpc) is 2.77. The van der Waals surface area contributed by atoms with Crippen LogP contribution >= 0.6 is 13.5 Å². The molecule has 0 radical (unpaired) electrons. The van der Waals surface area contributed by atoms with Gasteiger partial charge in [-0.05, 0) is 30.7 Å². The van der Waals surface area contributed by atoms with Gasteiger partial charge in [0, 0.05) is 47.6 Å². The molecule has 31 heavy (non-hydrogen) atoms. The Kier molecular flexibility index (Phi) is 6.81. The van der Waals surface area contributed by atoms with Crippen LogP contribution in [0, 0.1) is 6.92 Å². The van der Waals surface area contributed by atoms with Crippen LogP contribution in [0.2, 0.25) is 0 Å². The number of amides is 1. The second-order valence-corrected chi connectivity index (χ2v) is 7.22. The van der Waals surface area contributed by atoms with Crippen LogP contribution in [0.5, 0.6) is 0 Å². The lowest BCUT2D eigenvalue weighted by Crippen LogP contribution is -2.14. The summed E-state index contributed by atoms with van der Waals surface area (Å²) in [6.07, 6.45) is 4.97. The van der Waals surface area contributed by atoms with Gasteiger partial charge in [0.05, 0.1) is 16.8 Å². The number of carbonyl (C=O) groups is 1. The molecule has 0 spiro atoms. The number of carbonyl (C=O) groups excluding carboxylic acids is 1. The maximum Gasteiger partial charge on any atom is 0.249 e. The zero-order valence-electron chi connectivity index (χ0n) is 17.3. The third kappa shape index (κ3) is 4.80. The Morgan fingerprint density at radius 3 is 2.68 bits per heavy atom. The average molecular weight is 433 g/mol. The number of anilines is 1. The minimum absolute atomic E-state index is 0. The van der Waals surface area contributed by atoms with Gasteiger partial charge in [0.25, 0.3) is 0 Å². The molecule has 0 bridgehead atoms. The van der Waals surface area contributed by atoms with E-state index >= 15 is 0 Å². The molecule has 1 amide bonds. The highest BCUT2D eigenvalue weighted by Gasteiger charge is 2.14. The van der Waals surface area contributed by atoms with Crippen LogP contribution in [0.25, 0.3) is 22.2 Å². The number of pyridine rings is 2. The summed E-state index contributed by atoms with van der Waals surface area (Å²) < 4.78 is 0. The molecule has 3 N–H and O–H groups in total. The van der Waals surface area contributed by atoms with Gasteiger partial charge in [-0.3, -0.25) is 14.8 Å². The van der Waals surface area contributed by atoms with Crippen molar-refractivity contribution in [3.63, 3.8) is 0 Å². The molecule has 7 nitrogen and oxygen atoms in total. The summed E-state index contributed by atoms with van der Waals surface area (Å²) in [7, 11) is 0. The maximum atomic E-state index is 11.7. The quantitative estimate of drug-likeness (QED) is 0.480. The summed E-state index contributed by atoms with van der Waals surface area (Å²) in [6.45, 7) is 4.70.